The van der Waals surface area contributed by atoms with E-state index in [2.05, 4.69) is 4.99 Å². The Labute approximate surface area is 129 Å². The molecule has 0 unspecified atom stereocenters. The summed E-state index contributed by atoms with van der Waals surface area (Å²) in [5.41, 5.74) is 0.842. The van der Waals surface area contributed by atoms with Crippen molar-refractivity contribution < 1.29 is 9.53 Å². The number of hydrogen-bond donors (Lipinski definition) is 0. The van der Waals surface area contributed by atoms with Crippen LogP contribution in [0.1, 0.15) is 0 Å². The second kappa shape index (κ2) is 6.92. The Morgan fingerprint density at radius 3 is 2.80 bits per heavy atom. The lowest BCUT2D eigenvalue weighted by molar-refractivity contribution is 0.241. The molecule has 2 aromatic rings. The average molecular weight is 326 g/mol. The first kappa shape index (κ1) is 15.1. The van der Waals surface area contributed by atoms with Gasteiger partial charge in [0.1, 0.15) is 10.4 Å². The van der Waals surface area contributed by atoms with Crippen LogP contribution in [0.15, 0.2) is 39.5 Å². The van der Waals surface area contributed by atoms with Gasteiger partial charge in [-0.15, -0.1) is 0 Å². The van der Waals surface area contributed by atoms with Crippen molar-refractivity contribution in [1.82, 2.24) is 4.90 Å². The van der Waals surface area contributed by atoms with Crippen LogP contribution in [0.25, 0.3) is 0 Å². The second-order valence-electron chi connectivity index (χ2n) is 4.04. The molecule has 4 nitrogen and oxygen atoms in total. The summed E-state index contributed by atoms with van der Waals surface area (Å²) < 4.78 is 7.01. The number of hydrogen-bond acceptors (Lipinski definition) is 6. The van der Waals surface area contributed by atoms with Crippen LogP contribution in [0, 0.1) is 0 Å². The summed E-state index contributed by atoms with van der Waals surface area (Å²) in [6.45, 7) is 0. The van der Waals surface area contributed by atoms with Crippen LogP contribution in [0.3, 0.4) is 0 Å². The molecule has 0 N–H and O–H groups in total. The van der Waals surface area contributed by atoms with Crippen molar-refractivity contribution in [2.45, 2.75) is 4.21 Å². The van der Waals surface area contributed by atoms with E-state index in [1.54, 1.807) is 46.8 Å². The van der Waals surface area contributed by atoms with E-state index in [1.165, 1.54) is 11.8 Å². The van der Waals surface area contributed by atoms with Gasteiger partial charge in [-0.25, -0.2) is 4.99 Å². The summed E-state index contributed by atoms with van der Waals surface area (Å²) in [5, 5.41) is 0.0204. The number of thioether (sulfide) groups is 1. The Balaban J connectivity index is 2.19. The van der Waals surface area contributed by atoms with Crippen LogP contribution in [0.2, 0.25) is 0 Å². The van der Waals surface area contributed by atoms with Crippen molar-refractivity contribution in [2.75, 3.05) is 21.2 Å². The minimum atomic E-state index is 0.0204. The SMILES string of the molecule is COc1cccc(/N=c2/cc(SC(=O)N(C)C)ss2)c1. The van der Waals surface area contributed by atoms with E-state index in [-0.39, 0.29) is 5.24 Å². The third kappa shape index (κ3) is 4.09. The van der Waals surface area contributed by atoms with E-state index < -0.39 is 0 Å². The van der Waals surface area contributed by atoms with Crippen molar-refractivity contribution in [1.29, 1.82) is 0 Å². The van der Waals surface area contributed by atoms with Gasteiger partial charge < -0.3 is 9.64 Å². The fourth-order valence-corrected chi connectivity index (χ4v) is 4.49. The zero-order valence-corrected chi connectivity index (χ0v) is 13.8. The molecule has 0 aliphatic rings. The first-order chi connectivity index (χ1) is 9.58. The molecule has 0 radical (unpaired) electrons. The summed E-state index contributed by atoms with van der Waals surface area (Å²) >= 11 is 1.22. The third-order valence-electron chi connectivity index (χ3n) is 2.30. The molecule has 0 saturated heterocycles. The molecular weight excluding hydrogens is 312 g/mol. The molecule has 0 saturated carbocycles. The van der Waals surface area contributed by atoms with Gasteiger partial charge in [0.2, 0.25) is 0 Å². The molecule has 2 rings (SSSR count). The highest BCUT2D eigenvalue weighted by Gasteiger charge is 2.08. The quantitative estimate of drug-likeness (QED) is 0.636. The van der Waals surface area contributed by atoms with Crippen molar-refractivity contribution in [3.63, 3.8) is 0 Å². The maximum Gasteiger partial charge on any atom is 0.286 e. The van der Waals surface area contributed by atoms with Gasteiger partial charge in [-0.05, 0) is 30.0 Å². The predicted octanol–water partition coefficient (Wildman–Crippen LogP) is 3.82. The largest absolute Gasteiger partial charge is 0.497 e. The van der Waals surface area contributed by atoms with Gasteiger partial charge in [0, 0.05) is 20.2 Å². The minimum absolute atomic E-state index is 0.0204. The molecule has 20 heavy (non-hydrogen) atoms. The molecule has 7 heteroatoms. The molecule has 0 spiro atoms. The minimum Gasteiger partial charge on any atom is -0.497 e. The monoisotopic (exact) mass is 326 g/mol. The van der Waals surface area contributed by atoms with E-state index >= 15 is 0 Å². The number of nitrogens with zero attached hydrogens (tertiary/aromatic N) is 2. The molecule has 1 aromatic carbocycles. The molecule has 0 aliphatic carbocycles. The van der Waals surface area contributed by atoms with Crippen LogP contribution in [0.4, 0.5) is 10.5 Å². The Morgan fingerprint density at radius 2 is 2.10 bits per heavy atom. The fraction of sp³-hybridized carbons (Fsp3) is 0.231. The molecule has 1 heterocycles. The first-order valence-electron chi connectivity index (χ1n) is 5.76. The van der Waals surface area contributed by atoms with Crippen molar-refractivity contribution in [3.05, 3.63) is 35.0 Å². The lowest BCUT2D eigenvalue weighted by Crippen LogP contribution is -2.15. The van der Waals surface area contributed by atoms with Crippen molar-refractivity contribution >= 4 is 43.4 Å². The number of rotatable bonds is 3. The zero-order valence-electron chi connectivity index (χ0n) is 11.3. The number of methoxy groups -OCH3 is 1. The van der Waals surface area contributed by atoms with E-state index in [4.69, 9.17) is 4.74 Å². The molecule has 0 fully saturated rings. The molecule has 0 atom stereocenters. The molecule has 106 valence electrons. The van der Waals surface area contributed by atoms with Crippen LogP contribution in [-0.2, 0) is 0 Å². The Kier molecular flexibility index (Phi) is 5.22. The summed E-state index contributed by atoms with van der Waals surface area (Å²) in [7, 11) is 8.23. The average Bonchev–Trinajstić information content (AvgIpc) is 2.86. The summed E-state index contributed by atoms with van der Waals surface area (Å²) in [6, 6.07) is 9.51. The standard InChI is InChI=1S/C13H14N2O2S3/c1-15(2)13(16)18-12-8-11(19-20-12)14-9-5-4-6-10(7-9)17-3/h4-8H,1-3H3/b14-11-. The Bertz CT molecular complexity index is 661. The van der Waals surface area contributed by atoms with E-state index in [1.807, 2.05) is 30.3 Å². The van der Waals surface area contributed by atoms with Gasteiger partial charge in [-0.3, -0.25) is 4.79 Å². The number of benzene rings is 1. The smallest absolute Gasteiger partial charge is 0.286 e. The van der Waals surface area contributed by atoms with Gasteiger partial charge in [-0.2, -0.15) is 0 Å². The lowest BCUT2D eigenvalue weighted by Gasteiger charge is -2.06. The van der Waals surface area contributed by atoms with Crippen LogP contribution in [-0.4, -0.2) is 31.3 Å². The van der Waals surface area contributed by atoms with Crippen LogP contribution >= 0.6 is 32.4 Å². The maximum absolute atomic E-state index is 11.6. The highest BCUT2D eigenvalue weighted by atomic mass is 32.9. The number of ether oxygens (including phenoxy) is 1. The number of amides is 1. The molecule has 0 bridgehead atoms. The third-order valence-corrected chi connectivity index (χ3v) is 6.02. The molecule has 1 aromatic heterocycles. The summed E-state index contributed by atoms with van der Waals surface area (Å²) in [4.78, 5) is 17.7. The Morgan fingerprint density at radius 1 is 1.30 bits per heavy atom. The maximum atomic E-state index is 11.6. The van der Waals surface area contributed by atoms with Crippen molar-refractivity contribution in [3.8, 4) is 5.75 Å². The second-order valence-corrected chi connectivity index (χ2v) is 7.49. The van der Waals surface area contributed by atoms with Gasteiger partial charge in [-0.1, -0.05) is 26.7 Å². The number of carbonyl (C=O) groups excluding carboxylic acids is 1. The van der Waals surface area contributed by atoms with Crippen LogP contribution in [0.5, 0.6) is 5.75 Å². The Hall–Kier alpha value is -1.31. The normalized spacial score (nSPS) is 11.4. The molecule has 1 amide bonds. The zero-order chi connectivity index (χ0) is 14.5. The number of carbonyl (C=O) groups is 1. The molecule has 0 aliphatic heterocycles. The highest BCUT2D eigenvalue weighted by molar-refractivity contribution is 8.15. The summed E-state index contributed by atoms with van der Waals surface area (Å²) in [5.74, 6) is 0.781. The van der Waals surface area contributed by atoms with Gasteiger partial charge >= 0.3 is 0 Å². The lowest BCUT2D eigenvalue weighted by atomic mass is 10.3. The molecular formula is C13H14N2O2S3. The van der Waals surface area contributed by atoms with E-state index in [9.17, 15) is 4.79 Å². The van der Waals surface area contributed by atoms with Gasteiger partial charge in [0.25, 0.3) is 5.24 Å². The van der Waals surface area contributed by atoms with E-state index in [0.717, 1.165) is 20.3 Å². The topological polar surface area (TPSA) is 41.9 Å². The van der Waals surface area contributed by atoms with Crippen molar-refractivity contribution in [2.24, 2.45) is 4.99 Å². The first-order valence-corrected chi connectivity index (χ1v) is 8.73. The highest BCUT2D eigenvalue weighted by Crippen LogP contribution is 2.27. The van der Waals surface area contributed by atoms with E-state index in [0.29, 0.717) is 0 Å². The van der Waals surface area contributed by atoms with Gasteiger partial charge in [0.05, 0.1) is 17.0 Å². The predicted molar refractivity (Wildman–Crippen MR) is 85.4 cm³/mol. The van der Waals surface area contributed by atoms with Crippen LogP contribution < -0.4 is 9.41 Å². The van der Waals surface area contributed by atoms with Gasteiger partial charge in [0.15, 0.2) is 0 Å². The summed E-state index contributed by atoms with van der Waals surface area (Å²) in [6.07, 6.45) is 0. The fourth-order valence-electron chi connectivity index (χ4n) is 1.31.